The molecule has 4 unspecified atom stereocenters. The van der Waals surface area contributed by atoms with E-state index in [9.17, 15) is 0 Å². The van der Waals surface area contributed by atoms with Crippen molar-refractivity contribution in [1.29, 1.82) is 0 Å². The van der Waals surface area contributed by atoms with Crippen LogP contribution in [0.4, 0.5) is 0 Å². The molecule has 3 aliphatic rings. The third-order valence-corrected chi connectivity index (χ3v) is 7.03. The number of rotatable bonds is 1. The molecular formula is C16H28O. The van der Waals surface area contributed by atoms with Crippen LogP contribution >= 0.6 is 0 Å². The van der Waals surface area contributed by atoms with Crippen LogP contribution in [0, 0.1) is 28.6 Å². The molecule has 1 spiro atoms. The van der Waals surface area contributed by atoms with Crippen LogP contribution in [0.25, 0.3) is 0 Å². The van der Waals surface area contributed by atoms with Gasteiger partial charge in [-0.05, 0) is 67.6 Å². The van der Waals surface area contributed by atoms with Gasteiger partial charge in [-0.1, -0.05) is 20.8 Å². The van der Waals surface area contributed by atoms with Gasteiger partial charge in [-0.3, -0.25) is 0 Å². The van der Waals surface area contributed by atoms with Gasteiger partial charge in [0.25, 0.3) is 0 Å². The van der Waals surface area contributed by atoms with Gasteiger partial charge >= 0.3 is 0 Å². The van der Waals surface area contributed by atoms with Crippen LogP contribution in [0.15, 0.2) is 0 Å². The first kappa shape index (κ1) is 12.0. The summed E-state index contributed by atoms with van der Waals surface area (Å²) in [7, 11) is 1.93. The minimum absolute atomic E-state index is 0.157. The van der Waals surface area contributed by atoms with Gasteiger partial charge in [-0.15, -0.1) is 0 Å². The second-order valence-electron chi connectivity index (χ2n) is 7.91. The van der Waals surface area contributed by atoms with Crippen LogP contribution < -0.4 is 0 Å². The summed E-state index contributed by atoms with van der Waals surface area (Å²) in [6, 6.07) is 0. The first-order valence-corrected chi connectivity index (χ1v) is 7.42. The molecule has 0 N–H and O–H groups in total. The van der Waals surface area contributed by atoms with E-state index in [-0.39, 0.29) is 5.60 Å². The van der Waals surface area contributed by atoms with Crippen LogP contribution in [-0.2, 0) is 4.74 Å². The Balaban J connectivity index is 2.06. The van der Waals surface area contributed by atoms with E-state index in [1.807, 2.05) is 7.11 Å². The molecule has 5 atom stereocenters. The largest absolute Gasteiger partial charge is 0.378 e. The summed E-state index contributed by atoms with van der Waals surface area (Å²) >= 11 is 0. The Morgan fingerprint density at radius 3 is 2.35 bits per heavy atom. The third-order valence-electron chi connectivity index (χ3n) is 7.03. The van der Waals surface area contributed by atoms with E-state index in [0.717, 1.165) is 17.8 Å². The van der Waals surface area contributed by atoms with Crippen LogP contribution in [-0.4, -0.2) is 12.7 Å². The second kappa shape index (κ2) is 3.29. The fourth-order valence-electron chi connectivity index (χ4n) is 6.12. The summed E-state index contributed by atoms with van der Waals surface area (Å²) in [4.78, 5) is 0. The van der Waals surface area contributed by atoms with Crippen LogP contribution in [0.1, 0.15) is 59.8 Å². The summed E-state index contributed by atoms with van der Waals surface area (Å²) < 4.78 is 5.96. The quantitative estimate of drug-likeness (QED) is 0.661. The fourth-order valence-corrected chi connectivity index (χ4v) is 6.12. The van der Waals surface area contributed by atoms with Gasteiger partial charge < -0.3 is 4.74 Å². The highest BCUT2D eigenvalue weighted by molar-refractivity contribution is 5.18. The van der Waals surface area contributed by atoms with E-state index in [1.165, 1.54) is 32.1 Å². The highest BCUT2D eigenvalue weighted by Gasteiger charge is 2.69. The van der Waals surface area contributed by atoms with E-state index >= 15 is 0 Å². The van der Waals surface area contributed by atoms with Crippen molar-refractivity contribution in [2.45, 2.75) is 65.4 Å². The van der Waals surface area contributed by atoms with Crippen molar-refractivity contribution in [3.05, 3.63) is 0 Å². The van der Waals surface area contributed by atoms with Gasteiger partial charge in [0.2, 0.25) is 0 Å². The van der Waals surface area contributed by atoms with Crippen molar-refractivity contribution in [2.24, 2.45) is 28.6 Å². The van der Waals surface area contributed by atoms with E-state index < -0.39 is 0 Å². The molecule has 0 heterocycles. The Hall–Kier alpha value is -0.0400. The van der Waals surface area contributed by atoms with Gasteiger partial charge in [0.1, 0.15) is 0 Å². The molecule has 1 heteroatoms. The van der Waals surface area contributed by atoms with Crippen LogP contribution in [0.2, 0.25) is 0 Å². The SMILES string of the molecule is COC1(C)CCC23C(CC[C@H]2C)C(C)(C)CC13. The minimum atomic E-state index is 0.157. The maximum Gasteiger partial charge on any atom is 0.0684 e. The zero-order valence-corrected chi connectivity index (χ0v) is 12.2. The van der Waals surface area contributed by atoms with Gasteiger partial charge in [-0.25, -0.2) is 0 Å². The van der Waals surface area contributed by atoms with E-state index in [1.54, 1.807) is 0 Å². The van der Waals surface area contributed by atoms with Gasteiger partial charge in [0.15, 0.2) is 0 Å². The van der Waals surface area contributed by atoms with Gasteiger partial charge in [0, 0.05) is 7.11 Å². The predicted octanol–water partition coefficient (Wildman–Crippen LogP) is 4.26. The lowest BCUT2D eigenvalue weighted by atomic mass is 9.67. The molecule has 3 aliphatic carbocycles. The molecule has 0 aromatic carbocycles. The van der Waals surface area contributed by atoms with Crippen molar-refractivity contribution in [2.75, 3.05) is 7.11 Å². The molecule has 98 valence electrons. The summed E-state index contributed by atoms with van der Waals surface area (Å²) in [6.45, 7) is 9.89. The van der Waals surface area contributed by atoms with Crippen molar-refractivity contribution < 1.29 is 4.74 Å². The molecule has 0 amide bonds. The standard InChI is InChI=1S/C16H28O/c1-11-6-7-12-14(2,3)10-13-15(4,17-5)8-9-16(11,12)13/h11-13H,6-10H2,1-5H3/t11-,12?,13?,15?,16?/m1/s1. The molecule has 0 radical (unpaired) electrons. The minimum Gasteiger partial charge on any atom is -0.378 e. The summed E-state index contributed by atoms with van der Waals surface area (Å²) in [5.74, 6) is 2.67. The van der Waals surface area contributed by atoms with E-state index in [4.69, 9.17) is 4.74 Å². The van der Waals surface area contributed by atoms with Crippen molar-refractivity contribution in [1.82, 2.24) is 0 Å². The summed E-state index contributed by atoms with van der Waals surface area (Å²) in [5.41, 5.74) is 1.31. The van der Waals surface area contributed by atoms with Gasteiger partial charge in [0.05, 0.1) is 5.60 Å². The topological polar surface area (TPSA) is 9.23 Å². The van der Waals surface area contributed by atoms with Crippen molar-refractivity contribution >= 4 is 0 Å². The Morgan fingerprint density at radius 1 is 1.00 bits per heavy atom. The molecule has 17 heavy (non-hydrogen) atoms. The number of hydrogen-bond donors (Lipinski definition) is 0. The van der Waals surface area contributed by atoms with E-state index in [0.29, 0.717) is 10.8 Å². The number of hydrogen-bond acceptors (Lipinski definition) is 1. The first-order chi connectivity index (χ1) is 7.87. The average Bonchev–Trinajstić information content (AvgIpc) is 2.82. The molecule has 0 bridgehead atoms. The summed E-state index contributed by atoms with van der Waals surface area (Å²) in [6.07, 6.45) is 6.99. The molecule has 0 aliphatic heterocycles. The number of ether oxygens (including phenoxy) is 1. The zero-order chi connectivity index (χ0) is 12.5. The molecule has 0 aromatic rings. The van der Waals surface area contributed by atoms with Crippen LogP contribution in [0.3, 0.4) is 0 Å². The van der Waals surface area contributed by atoms with Crippen molar-refractivity contribution in [3.8, 4) is 0 Å². The molecule has 0 aromatic heterocycles. The molecule has 3 rings (SSSR count). The first-order valence-electron chi connectivity index (χ1n) is 7.42. The highest BCUT2D eigenvalue weighted by Crippen LogP contribution is 2.74. The Labute approximate surface area is 106 Å². The maximum absolute atomic E-state index is 5.96. The molecule has 3 saturated carbocycles. The second-order valence-corrected chi connectivity index (χ2v) is 7.91. The van der Waals surface area contributed by atoms with Gasteiger partial charge in [-0.2, -0.15) is 0 Å². The zero-order valence-electron chi connectivity index (χ0n) is 12.2. The third kappa shape index (κ3) is 1.25. The predicted molar refractivity (Wildman–Crippen MR) is 70.9 cm³/mol. The smallest absolute Gasteiger partial charge is 0.0684 e. The highest BCUT2D eigenvalue weighted by atomic mass is 16.5. The average molecular weight is 236 g/mol. The fraction of sp³-hybridized carbons (Fsp3) is 1.00. The molecule has 0 saturated heterocycles. The molecule has 3 fully saturated rings. The van der Waals surface area contributed by atoms with Crippen LogP contribution in [0.5, 0.6) is 0 Å². The Morgan fingerprint density at radius 2 is 1.71 bits per heavy atom. The Kier molecular flexibility index (Phi) is 2.32. The lowest BCUT2D eigenvalue weighted by Gasteiger charge is -2.39. The lowest BCUT2D eigenvalue weighted by molar-refractivity contribution is -0.0500. The lowest BCUT2D eigenvalue weighted by Crippen LogP contribution is -2.39. The summed E-state index contributed by atoms with van der Waals surface area (Å²) in [5, 5.41) is 0. The van der Waals surface area contributed by atoms with E-state index in [2.05, 4.69) is 27.7 Å². The monoisotopic (exact) mass is 236 g/mol. The maximum atomic E-state index is 5.96. The Bertz CT molecular complexity index is 334. The number of methoxy groups -OCH3 is 1. The molecule has 1 nitrogen and oxygen atoms in total. The molecular weight excluding hydrogens is 208 g/mol. The normalized spacial score (nSPS) is 55.9. The van der Waals surface area contributed by atoms with Crippen molar-refractivity contribution in [3.63, 3.8) is 0 Å².